The topological polar surface area (TPSA) is 111 Å². The van der Waals surface area contributed by atoms with E-state index in [2.05, 4.69) is 20.0 Å². The first kappa shape index (κ1) is 12.0. The molecule has 0 radical (unpaired) electrons. The number of amides is 1. The molecule has 0 aromatic carbocycles. The molecule has 0 aliphatic rings. The lowest BCUT2D eigenvalue weighted by Gasteiger charge is -2.02. The Labute approximate surface area is 105 Å². The number of pyridine rings is 1. The van der Waals surface area contributed by atoms with E-state index in [4.69, 9.17) is 11.6 Å². The number of hydrogen-bond donors (Lipinski definition) is 1. The number of rotatable bonds is 3. The van der Waals surface area contributed by atoms with Gasteiger partial charge in [-0.3, -0.25) is 14.9 Å². The van der Waals surface area contributed by atoms with Gasteiger partial charge in [0.05, 0.1) is 10.5 Å². The van der Waals surface area contributed by atoms with E-state index in [-0.39, 0.29) is 22.2 Å². The van der Waals surface area contributed by atoms with E-state index in [9.17, 15) is 14.9 Å². The molecule has 0 aliphatic heterocycles. The number of carbonyl (C=O) groups is 1. The van der Waals surface area contributed by atoms with Gasteiger partial charge in [0.2, 0.25) is 0 Å². The van der Waals surface area contributed by atoms with E-state index < -0.39 is 10.8 Å². The Morgan fingerprint density at radius 2 is 2.33 bits per heavy atom. The normalized spacial score (nSPS) is 10.1. The molecule has 0 unspecified atom stereocenters. The molecule has 9 heteroatoms. The van der Waals surface area contributed by atoms with Crippen molar-refractivity contribution >= 4 is 29.0 Å². The summed E-state index contributed by atoms with van der Waals surface area (Å²) in [7, 11) is 0. The fraction of sp³-hybridized carbons (Fsp3) is 0. The number of nitrogens with zero attached hydrogens (tertiary/aromatic N) is 3. The third-order valence-electron chi connectivity index (χ3n) is 1.96. The molecule has 1 N–H and O–H groups in total. The zero-order chi connectivity index (χ0) is 13.1. The summed E-state index contributed by atoms with van der Waals surface area (Å²) in [5, 5.41) is 16.2. The minimum Gasteiger partial charge on any atom is -0.363 e. The fourth-order valence-corrected chi connectivity index (χ4v) is 1.35. The molecule has 0 fully saturated rings. The van der Waals surface area contributed by atoms with E-state index in [1.165, 1.54) is 12.3 Å². The number of halogens is 1. The van der Waals surface area contributed by atoms with Gasteiger partial charge in [0, 0.05) is 12.1 Å². The fourth-order valence-electron chi connectivity index (χ4n) is 1.16. The van der Waals surface area contributed by atoms with E-state index >= 15 is 0 Å². The van der Waals surface area contributed by atoms with Gasteiger partial charge in [0.1, 0.15) is 17.6 Å². The second-order valence-electron chi connectivity index (χ2n) is 3.13. The van der Waals surface area contributed by atoms with Crippen LogP contribution in [0, 0.1) is 10.1 Å². The first-order valence-corrected chi connectivity index (χ1v) is 4.97. The van der Waals surface area contributed by atoms with Crippen LogP contribution in [0.3, 0.4) is 0 Å². The Kier molecular flexibility index (Phi) is 3.20. The number of hydrogen-bond acceptors (Lipinski definition) is 6. The van der Waals surface area contributed by atoms with E-state index in [0.29, 0.717) is 0 Å². The highest BCUT2D eigenvalue weighted by molar-refractivity contribution is 6.33. The predicted molar refractivity (Wildman–Crippen MR) is 60.4 cm³/mol. The minimum atomic E-state index is -0.670. The van der Waals surface area contributed by atoms with Crippen molar-refractivity contribution in [2.75, 3.05) is 5.32 Å². The van der Waals surface area contributed by atoms with Crippen molar-refractivity contribution < 1.29 is 14.2 Å². The molecule has 0 bridgehead atoms. The van der Waals surface area contributed by atoms with Crippen molar-refractivity contribution in [1.29, 1.82) is 0 Å². The second-order valence-corrected chi connectivity index (χ2v) is 3.49. The summed E-state index contributed by atoms with van der Waals surface area (Å²) in [6.07, 6.45) is 2.23. The largest absolute Gasteiger partial charge is 0.363 e. The van der Waals surface area contributed by atoms with E-state index in [0.717, 1.165) is 12.3 Å². The summed E-state index contributed by atoms with van der Waals surface area (Å²) in [5.74, 6) is -0.493. The van der Waals surface area contributed by atoms with Crippen molar-refractivity contribution in [3.8, 4) is 0 Å². The van der Waals surface area contributed by atoms with Crippen molar-refractivity contribution in [2.45, 2.75) is 0 Å². The van der Waals surface area contributed by atoms with E-state index in [1.54, 1.807) is 0 Å². The zero-order valence-corrected chi connectivity index (χ0v) is 9.42. The van der Waals surface area contributed by atoms with Crippen LogP contribution in [0.1, 0.15) is 10.4 Å². The van der Waals surface area contributed by atoms with Crippen molar-refractivity contribution in [2.24, 2.45) is 0 Å². The van der Waals surface area contributed by atoms with Gasteiger partial charge >= 0.3 is 0 Å². The second kappa shape index (κ2) is 4.80. The molecule has 18 heavy (non-hydrogen) atoms. The first-order valence-electron chi connectivity index (χ1n) is 4.59. The summed E-state index contributed by atoms with van der Waals surface area (Å²) < 4.78 is 4.52. The lowest BCUT2D eigenvalue weighted by Crippen LogP contribution is -2.13. The van der Waals surface area contributed by atoms with Crippen LogP contribution in [0.2, 0.25) is 5.15 Å². The number of aromatic nitrogens is 2. The lowest BCUT2D eigenvalue weighted by molar-refractivity contribution is -0.385. The standard InChI is InChI=1S/C9H5ClN4O4/c10-8-6(3-5(4-11-8)14(16)17)9(15)12-7-1-2-18-13-7/h1-4H,(H,12,13,15). The van der Waals surface area contributed by atoms with Gasteiger partial charge in [-0.05, 0) is 0 Å². The summed E-state index contributed by atoms with van der Waals surface area (Å²) in [6.45, 7) is 0. The van der Waals surface area contributed by atoms with Gasteiger partial charge in [0.25, 0.3) is 11.6 Å². The van der Waals surface area contributed by atoms with Crippen molar-refractivity contribution in [1.82, 2.24) is 10.1 Å². The Hall–Kier alpha value is -2.48. The van der Waals surface area contributed by atoms with Gasteiger partial charge in [-0.25, -0.2) is 4.98 Å². The van der Waals surface area contributed by atoms with Crippen molar-refractivity contribution in [3.05, 3.63) is 45.4 Å². The highest BCUT2D eigenvalue weighted by Crippen LogP contribution is 2.20. The molecule has 2 aromatic heterocycles. The van der Waals surface area contributed by atoms with Gasteiger partial charge in [-0.1, -0.05) is 16.8 Å². The number of nitro groups is 1. The molecule has 1 amide bonds. The zero-order valence-electron chi connectivity index (χ0n) is 8.66. The monoisotopic (exact) mass is 268 g/mol. The summed E-state index contributed by atoms with van der Waals surface area (Å²) in [5.41, 5.74) is -0.446. The maximum atomic E-state index is 11.8. The van der Waals surface area contributed by atoms with Crippen LogP contribution in [-0.2, 0) is 0 Å². The molecule has 92 valence electrons. The highest BCUT2D eigenvalue weighted by Gasteiger charge is 2.17. The quantitative estimate of drug-likeness (QED) is 0.517. The molecule has 8 nitrogen and oxygen atoms in total. The van der Waals surface area contributed by atoms with Crippen LogP contribution in [0.5, 0.6) is 0 Å². The maximum absolute atomic E-state index is 11.8. The molecule has 2 heterocycles. The predicted octanol–water partition coefficient (Wildman–Crippen LogP) is 1.88. The highest BCUT2D eigenvalue weighted by atomic mass is 35.5. The van der Waals surface area contributed by atoms with Crippen LogP contribution in [0.4, 0.5) is 11.5 Å². The van der Waals surface area contributed by atoms with Crippen LogP contribution >= 0.6 is 11.6 Å². The number of nitrogens with one attached hydrogen (secondary N) is 1. The smallest absolute Gasteiger partial charge is 0.288 e. The first-order chi connectivity index (χ1) is 8.58. The average Bonchev–Trinajstić information content (AvgIpc) is 2.81. The van der Waals surface area contributed by atoms with Crippen LogP contribution in [-0.4, -0.2) is 21.0 Å². The molecule has 2 aromatic rings. The summed E-state index contributed by atoms with van der Waals surface area (Å²) >= 11 is 5.70. The Bertz CT molecular complexity index is 599. The SMILES string of the molecule is O=C(Nc1ccon1)c1cc([N+](=O)[O-])cnc1Cl. The lowest BCUT2D eigenvalue weighted by atomic mass is 10.2. The maximum Gasteiger partial charge on any atom is 0.288 e. The van der Waals surface area contributed by atoms with E-state index in [1.807, 2.05) is 0 Å². The molecule has 0 spiro atoms. The van der Waals surface area contributed by atoms with Crippen LogP contribution in [0.15, 0.2) is 29.1 Å². The third-order valence-corrected chi connectivity index (χ3v) is 2.26. The van der Waals surface area contributed by atoms with Crippen LogP contribution < -0.4 is 5.32 Å². The summed E-state index contributed by atoms with van der Waals surface area (Å²) in [4.78, 5) is 25.2. The summed E-state index contributed by atoms with van der Waals surface area (Å²) in [6, 6.07) is 2.45. The van der Waals surface area contributed by atoms with Crippen molar-refractivity contribution in [3.63, 3.8) is 0 Å². The molecule has 0 saturated heterocycles. The minimum absolute atomic E-state index is 0.117. The van der Waals surface area contributed by atoms with Gasteiger partial charge in [0.15, 0.2) is 5.82 Å². The molecular weight excluding hydrogens is 264 g/mol. The number of anilines is 1. The molecule has 0 aliphatic carbocycles. The van der Waals surface area contributed by atoms with Crippen LogP contribution in [0.25, 0.3) is 0 Å². The molecule has 2 rings (SSSR count). The van der Waals surface area contributed by atoms with Gasteiger partial charge < -0.3 is 9.84 Å². The van der Waals surface area contributed by atoms with Gasteiger partial charge in [-0.15, -0.1) is 0 Å². The average molecular weight is 269 g/mol. The Balaban J connectivity index is 2.29. The molecule has 0 atom stereocenters. The number of carbonyl (C=O) groups excluding carboxylic acids is 1. The molecule has 0 saturated carbocycles. The Morgan fingerprint density at radius 1 is 1.56 bits per heavy atom. The molecular formula is C9H5ClN4O4. The third kappa shape index (κ3) is 2.43. The Morgan fingerprint density at radius 3 is 2.94 bits per heavy atom. The van der Waals surface area contributed by atoms with Gasteiger partial charge in [-0.2, -0.15) is 0 Å².